The second kappa shape index (κ2) is 6.93. The summed E-state index contributed by atoms with van der Waals surface area (Å²) in [5, 5.41) is 0. The van der Waals surface area contributed by atoms with E-state index < -0.39 is 10.1 Å². The fourth-order valence-electron chi connectivity index (χ4n) is 6.24. The Morgan fingerprint density at radius 1 is 0.767 bits per heavy atom. The fourth-order valence-corrected chi connectivity index (χ4v) is 10.5. The number of aryl methyl sites for hydroxylation is 1. The molecule has 2 aromatic carbocycles. The summed E-state index contributed by atoms with van der Waals surface area (Å²) in [6.07, 6.45) is 9.01. The molecule has 2 saturated carbocycles. The minimum absolute atomic E-state index is 0.203. The summed E-state index contributed by atoms with van der Waals surface area (Å²) in [4.78, 5) is 0.916. The van der Waals surface area contributed by atoms with E-state index in [2.05, 4.69) is 54.6 Å². The summed E-state index contributed by atoms with van der Waals surface area (Å²) in [7, 11) is -3.77. The van der Waals surface area contributed by atoms with Gasteiger partial charge in [-0.25, -0.2) is 0 Å². The SMILES string of the molecule is Cc1ccc(S(=O)(=O)OC2C3C=CC4C([Se]c5ccccc5)C5C=CC2C5C34)cc1. The van der Waals surface area contributed by atoms with Crippen molar-refractivity contribution in [2.75, 3.05) is 0 Å². The van der Waals surface area contributed by atoms with Gasteiger partial charge in [-0.15, -0.1) is 0 Å². The Morgan fingerprint density at radius 2 is 1.33 bits per heavy atom. The summed E-state index contributed by atoms with van der Waals surface area (Å²) < 4.78 is 33.4. The second-order valence-electron chi connectivity index (χ2n) is 8.96. The minimum atomic E-state index is -3.77. The fraction of sp³-hybridized carbons (Fsp3) is 0.360. The molecule has 154 valence electrons. The van der Waals surface area contributed by atoms with Crippen molar-refractivity contribution in [3.63, 3.8) is 0 Å². The van der Waals surface area contributed by atoms with Gasteiger partial charge >= 0.3 is 185 Å². The third-order valence-corrected chi connectivity index (χ3v) is 11.8. The molecule has 0 N–H and O–H groups in total. The predicted molar refractivity (Wildman–Crippen MR) is 118 cm³/mol. The van der Waals surface area contributed by atoms with Gasteiger partial charge in [-0.3, -0.25) is 0 Å². The molecule has 30 heavy (non-hydrogen) atoms. The van der Waals surface area contributed by atoms with Crippen LogP contribution in [0.15, 0.2) is 83.8 Å². The molecule has 0 bridgehead atoms. The van der Waals surface area contributed by atoms with Crippen LogP contribution in [0.3, 0.4) is 0 Å². The first kappa shape index (κ1) is 19.1. The van der Waals surface area contributed by atoms with E-state index in [1.165, 1.54) is 4.46 Å². The molecule has 4 aliphatic rings. The van der Waals surface area contributed by atoms with Crippen molar-refractivity contribution >= 4 is 29.5 Å². The standard InChI is InChI=1S/C25H24O3SSe/c1-15-7-9-16(10-8-15)29(26,27)28-24-18-11-13-20-22(18)23-19(24)12-14-21(23)25(20)30-17-5-3-2-4-6-17/h2-14,18-25H,1H3. The zero-order valence-corrected chi connectivity index (χ0v) is 19.2. The van der Waals surface area contributed by atoms with Crippen LogP contribution in [0.5, 0.6) is 0 Å². The van der Waals surface area contributed by atoms with Crippen molar-refractivity contribution in [2.45, 2.75) is 22.7 Å². The molecule has 6 unspecified atom stereocenters. The van der Waals surface area contributed by atoms with Crippen LogP contribution >= 0.6 is 0 Å². The number of allylic oxidation sites excluding steroid dienone is 2. The normalized spacial score (nSPS) is 37.8. The summed E-state index contributed by atoms with van der Waals surface area (Å²) in [6.45, 7) is 1.95. The van der Waals surface area contributed by atoms with E-state index in [-0.39, 0.29) is 22.8 Å². The summed E-state index contributed by atoms with van der Waals surface area (Å²) in [5.41, 5.74) is 1.04. The van der Waals surface area contributed by atoms with Gasteiger partial charge in [-0.2, -0.15) is 0 Å². The molecule has 6 rings (SSSR count). The monoisotopic (exact) mass is 484 g/mol. The van der Waals surface area contributed by atoms with Crippen LogP contribution in [0.25, 0.3) is 0 Å². The van der Waals surface area contributed by atoms with Crippen LogP contribution in [-0.4, -0.2) is 29.5 Å². The molecule has 0 aliphatic heterocycles. The molecular weight excluding hydrogens is 459 g/mol. The zero-order valence-electron chi connectivity index (χ0n) is 16.7. The van der Waals surface area contributed by atoms with Crippen LogP contribution in [0.4, 0.5) is 0 Å². The Kier molecular flexibility index (Phi) is 4.40. The van der Waals surface area contributed by atoms with Crippen molar-refractivity contribution in [1.29, 1.82) is 0 Å². The molecule has 0 saturated heterocycles. The Hall–Kier alpha value is -1.65. The molecule has 6 atom stereocenters. The van der Waals surface area contributed by atoms with Gasteiger partial charge in [-0.1, -0.05) is 0 Å². The van der Waals surface area contributed by atoms with E-state index in [1.54, 1.807) is 12.1 Å². The first-order chi connectivity index (χ1) is 14.5. The Balaban J connectivity index is 1.27. The van der Waals surface area contributed by atoms with Crippen LogP contribution in [0.1, 0.15) is 5.56 Å². The van der Waals surface area contributed by atoms with Gasteiger partial charge < -0.3 is 0 Å². The van der Waals surface area contributed by atoms with Crippen LogP contribution < -0.4 is 4.46 Å². The molecule has 0 spiro atoms. The zero-order chi connectivity index (χ0) is 20.5. The second-order valence-corrected chi connectivity index (χ2v) is 13.2. The predicted octanol–water partition coefficient (Wildman–Crippen LogP) is 3.75. The number of hydrogen-bond donors (Lipinski definition) is 0. The van der Waals surface area contributed by atoms with Crippen molar-refractivity contribution in [1.82, 2.24) is 0 Å². The van der Waals surface area contributed by atoms with E-state index in [1.807, 2.05) is 19.1 Å². The maximum atomic E-state index is 13.0. The van der Waals surface area contributed by atoms with E-state index in [0.29, 0.717) is 43.4 Å². The van der Waals surface area contributed by atoms with Crippen molar-refractivity contribution in [3.05, 3.63) is 84.5 Å². The van der Waals surface area contributed by atoms with Crippen molar-refractivity contribution in [3.8, 4) is 0 Å². The Bertz CT molecular complexity index is 1090. The van der Waals surface area contributed by atoms with Gasteiger partial charge in [0.15, 0.2) is 0 Å². The van der Waals surface area contributed by atoms with Crippen molar-refractivity contribution < 1.29 is 12.6 Å². The maximum absolute atomic E-state index is 13.0. The molecule has 0 radical (unpaired) electrons. The molecule has 0 amide bonds. The summed E-state index contributed by atoms with van der Waals surface area (Å²) >= 11 is 0.420. The topological polar surface area (TPSA) is 43.4 Å². The Labute approximate surface area is 184 Å². The average Bonchev–Trinajstić information content (AvgIpc) is 3.46. The third kappa shape index (κ3) is 2.83. The Morgan fingerprint density at radius 3 is 1.93 bits per heavy atom. The molecule has 0 heterocycles. The third-order valence-electron chi connectivity index (χ3n) is 7.41. The average molecular weight is 483 g/mol. The van der Waals surface area contributed by atoms with Gasteiger partial charge in [0, 0.05) is 0 Å². The van der Waals surface area contributed by atoms with E-state index in [0.717, 1.165) is 5.56 Å². The summed E-state index contributed by atoms with van der Waals surface area (Å²) in [6, 6.07) is 17.8. The molecule has 3 nitrogen and oxygen atoms in total. The molecule has 5 heteroatoms. The van der Waals surface area contributed by atoms with Crippen LogP contribution in [-0.2, 0) is 14.3 Å². The van der Waals surface area contributed by atoms with E-state index >= 15 is 0 Å². The number of benzene rings is 2. The van der Waals surface area contributed by atoms with Gasteiger partial charge in [0.05, 0.1) is 0 Å². The van der Waals surface area contributed by atoms with Gasteiger partial charge in [0.2, 0.25) is 0 Å². The van der Waals surface area contributed by atoms with E-state index in [4.69, 9.17) is 4.18 Å². The number of hydrogen-bond acceptors (Lipinski definition) is 3. The number of rotatable bonds is 5. The molecule has 0 aromatic heterocycles. The first-order valence-electron chi connectivity index (χ1n) is 10.6. The quantitative estimate of drug-likeness (QED) is 0.370. The van der Waals surface area contributed by atoms with Gasteiger partial charge in [0.25, 0.3) is 0 Å². The van der Waals surface area contributed by atoms with Gasteiger partial charge in [0.1, 0.15) is 0 Å². The first-order valence-corrected chi connectivity index (χ1v) is 13.9. The van der Waals surface area contributed by atoms with Crippen LogP contribution in [0.2, 0.25) is 4.82 Å². The van der Waals surface area contributed by atoms with Crippen molar-refractivity contribution in [2.24, 2.45) is 35.5 Å². The molecular formula is C25H24O3SSe. The van der Waals surface area contributed by atoms with E-state index in [9.17, 15) is 8.42 Å². The summed E-state index contributed by atoms with van der Waals surface area (Å²) in [5.74, 6) is 2.54. The molecule has 4 aliphatic carbocycles. The van der Waals surface area contributed by atoms with Crippen LogP contribution in [0, 0.1) is 42.4 Å². The molecule has 2 fully saturated rings. The molecule has 2 aromatic rings. The van der Waals surface area contributed by atoms with Gasteiger partial charge in [-0.05, 0) is 0 Å².